The van der Waals surface area contributed by atoms with Crippen LogP contribution >= 0.6 is 0 Å². The smallest absolute Gasteiger partial charge is 0.521 e. The Hall–Kier alpha value is -4.13. The van der Waals surface area contributed by atoms with Crippen molar-refractivity contribution in [2.75, 3.05) is 0 Å². The largest absolute Gasteiger partial charge is 0.633 e. The van der Waals surface area contributed by atoms with E-state index in [4.69, 9.17) is 27.9 Å². The van der Waals surface area contributed by atoms with Gasteiger partial charge in [0, 0.05) is 16.4 Å². The Labute approximate surface area is 188 Å². The van der Waals surface area contributed by atoms with Crippen LogP contribution in [0.1, 0.15) is 0 Å². The van der Waals surface area contributed by atoms with Crippen LogP contribution in [0.25, 0.3) is 33.4 Å². The van der Waals surface area contributed by atoms with Crippen molar-refractivity contribution in [3.8, 4) is 67.9 Å². The van der Waals surface area contributed by atoms with Crippen molar-refractivity contribution in [2.24, 2.45) is 0 Å². The minimum absolute atomic E-state index is 0.571. The van der Waals surface area contributed by atoms with Crippen molar-refractivity contribution >= 4 is 37.7 Å². The fourth-order valence-corrected chi connectivity index (χ4v) is 6.30. The second-order valence-corrected chi connectivity index (χ2v) is 8.96. The molecule has 6 heterocycles. The fourth-order valence-electron chi connectivity index (χ4n) is 6.30. The van der Waals surface area contributed by atoms with Crippen LogP contribution in [-0.2, 0) is 0 Å². The fraction of sp³-hybridized carbons (Fsp3) is 0. The van der Waals surface area contributed by atoms with Crippen molar-refractivity contribution in [3.05, 3.63) is 54.6 Å². The highest BCUT2D eigenvalue weighted by molar-refractivity contribution is 6.80. The predicted molar refractivity (Wildman–Crippen MR) is 123 cm³/mol. The molecule has 0 spiro atoms. The van der Waals surface area contributed by atoms with Gasteiger partial charge in [0.1, 0.15) is 34.5 Å². The summed E-state index contributed by atoms with van der Waals surface area (Å²) in [5, 5.41) is 0. The molecule has 6 nitrogen and oxygen atoms in total. The second kappa shape index (κ2) is 4.78. The van der Waals surface area contributed by atoms with Crippen LogP contribution < -0.4 is 44.3 Å². The number of hydrogen-bond acceptors (Lipinski definition) is 6. The van der Waals surface area contributed by atoms with E-state index in [1.807, 2.05) is 54.6 Å². The van der Waals surface area contributed by atoms with E-state index >= 15 is 0 Å². The Morgan fingerprint density at radius 2 is 0.576 bits per heavy atom. The van der Waals surface area contributed by atoms with E-state index in [0.29, 0.717) is 0 Å². The molecule has 6 aliphatic rings. The summed E-state index contributed by atoms with van der Waals surface area (Å²) in [6, 6.07) is 17.6. The minimum atomic E-state index is -0.571. The molecule has 150 valence electrons. The van der Waals surface area contributed by atoms with E-state index in [0.717, 1.165) is 84.3 Å². The maximum Gasteiger partial charge on any atom is 0.633 e. The Bertz CT molecular complexity index is 1380. The molecule has 0 atom stereocenters. The maximum atomic E-state index is 6.41. The number of benzene rings is 4. The van der Waals surface area contributed by atoms with Crippen molar-refractivity contribution in [1.29, 1.82) is 0 Å². The van der Waals surface area contributed by atoms with E-state index in [9.17, 15) is 0 Å². The summed E-state index contributed by atoms with van der Waals surface area (Å²) >= 11 is 0. The van der Waals surface area contributed by atoms with Crippen LogP contribution in [0.4, 0.5) is 0 Å². The third-order valence-electron chi connectivity index (χ3n) is 7.44. The van der Waals surface area contributed by atoms with Crippen LogP contribution in [0.2, 0.25) is 0 Å². The summed E-state index contributed by atoms with van der Waals surface area (Å²) in [5.74, 6) is 4.51. The Morgan fingerprint density at radius 1 is 0.333 bits per heavy atom. The minimum Gasteiger partial charge on any atom is -0.521 e. The van der Waals surface area contributed by atoms with E-state index in [-0.39, 0.29) is 0 Å². The predicted octanol–water partition coefficient (Wildman–Crippen LogP) is 2.13. The summed E-state index contributed by atoms with van der Waals surface area (Å²) in [4.78, 5) is 0. The first-order valence-electron chi connectivity index (χ1n) is 11.0. The average molecular weight is 426 g/mol. The highest BCUT2D eigenvalue weighted by atomic mass is 16.6. The van der Waals surface area contributed by atoms with Crippen LogP contribution in [-0.4, -0.2) is 21.4 Å². The highest BCUT2D eigenvalue weighted by Crippen LogP contribution is 2.54. The normalized spacial score (nSPS) is 16.5. The van der Waals surface area contributed by atoms with Crippen molar-refractivity contribution in [2.45, 2.75) is 0 Å². The molecule has 9 heteroatoms. The lowest BCUT2D eigenvalue weighted by molar-refractivity contribution is 0.408. The molecule has 0 saturated heterocycles. The van der Waals surface area contributed by atoms with Gasteiger partial charge in [-0.3, -0.25) is 0 Å². The van der Waals surface area contributed by atoms with Gasteiger partial charge in [-0.2, -0.15) is 0 Å². The first kappa shape index (κ1) is 15.6. The van der Waals surface area contributed by atoms with E-state index in [1.165, 1.54) is 0 Å². The Kier molecular flexibility index (Phi) is 2.27. The quantitative estimate of drug-likeness (QED) is 0.402. The molecule has 6 aliphatic heterocycles. The summed E-state index contributed by atoms with van der Waals surface area (Å²) in [6.07, 6.45) is 0. The third-order valence-corrected chi connectivity index (χ3v) is 7.44. The highest BCUT2D eigenvalue weighted by Gasteiger charge is 2.58. The van der Waals surface area contributed by atoms with Crippen molar-refractivity contribution in [1.82, 2.24) is 0 Å². The molecule has 0 amide bonds. The van der Waals surface area contributed by atoms with Gasteiger partial charge in [-0.1, -0.05) is 18.2 Å². The van der Waals surface area contributed by atoms with E-state index in [2.05, 4.69) is 0 Å². The summed E-state index contributed by atoms with van der Waals surface area (Å²) in [6.45, 7) is 0. The third kappa shape index (κ3) is 1.55. The molecule has 0 aliphatic carbocycles. The van der Waals surface area contributed by atoms with Gasteiger partial charge in [0.15, 0.2) is 0 Å². The van der Waals surface area contributed by atoms with Gasteiger partial charge in [-0.25, -0.2) is 0 Å². The van der Waals surface area contributed by atoms with Gasteiger partial charge in [0.05, 0.1) is 16.7 Å². The molecule has 0 fully saturated rings. The van der Waals surface area contributed by atoms with Crippen LogP contribution in [0.3, 0.4) is 0 Å². The second-order valence-electron chi connectivity index (χ2n) is 8.96. The lowest BCUT2D eigenvalue weighted by atomic mass is 9.50. The monoisotopic (exact) mass is 426 g/mol. The maximum absolute atomic E-state index is 6.41. The lowest BCUT2D eigenvalue weighted by Gasteiger charge is -2.44. The Balaban J connectivity index is 1.50. The van der Waals surface area contributed by atoms with Gasteiger partial charge in [0.2, 0.25) is 0 Å². The van der Waals surface area contributed by atoms with Crippen LogP contribution in [0.5, 0.6) is 34.5 Å². The summed E-state index contributed by atoms with van der Waals surface area (Å²) < 4.78 is 38.4. The zero-order chi connectivity index (χ0) is 21.0. The molecule has 0 radical (unpaired) electrons. The van der Waals surface area contributed by atoms with E-state index < -0.39 is 21.4 Å². The zero-order valence-corrected chi connectivity index (χ0v) is 16.9. The molecule has 0 N–H and O–H groups in total. The molecule has 4 aromatic carbocycles. The van der Waals surface area contributed by atoms with Crippen LogP contribution in [0, 0.1) is 0 Å². The van der Waals surface area contributed by atoms with Gasteiger partial charge in [-0.05, 0) is 53.1 Å². The summed E-state index contributed by atoms with van der Waals surface area (Å²) in [5.41, 5.74) is 9.13. The molecule has 0 saturated carbocycles. The van der Waals surface area contributed by atoms with Crippen molar-refractivity contribution in [3.63, 3.8) is 0 Å². The first-order valence-corrected chi connectivity index (χ1v) is 11.0. The van der Waals surface area contributed by atoms with Gasteiger partial charge < -0.3 is 27.9 Å². The van der Waals surface area contributed by atoms with Gasteiger partial charge in [0.25, 0.3) is 0 Å². The molecule has 4 aromatic rings. The SMILES string of the molecule is c1cc2c3c(c1)OB1Oc4cccc5c4-c4c1c-3c1c3c4B(Oc4cccc(c4-3)OB1O2)O5. The van der Waals surface area contributed by atoms with E-state index in [1.54, 1.807) is 0 Å². The Morgan fingerprint density at radius 3 is 0.818 bits per heavy atom. The number of hydrogen-bond donors (Lipinski definition) is 0. The molecule has 0 unspecified atom stereocenters. The van der Waals surface area contributed by atoms with Gasteiger partial charge >= 0.3 is 21.4 Å². The molecule has 0 bridgehead atoms. The molecule has 0 aromatic heterocycles. The summed E-state index contributed by atoms with van der Waals surface area (Å²) in [7, 11) is -1.71. The zero-order valence-electron chi connectivity index (χ0n) is 16.9. The standard InChI is InChI=1S/C24H9B3O6/c1-4-10-16-11(5-1)29-26-23-19(16)22-20-17-12(30-25(22)28-10)6-2-8-14(17)32-27-24(20)21(23)18-13(31-26)7-3-9-15(18)33-27/h1-9H. The average Bonchev–Trinajstić information content (AvgIpc) is 2.83. The molecular weight excluding hydrogens is 417 g/mol. The van der Waals surface area contributed by atoms with Gasteiger partial charge in [-0.15, -0.1) is 0 Å². The molecule has 10 rings (SSSR count). The molecular formula is C24H9B3O6. The number of rotatable bonds is 0. The first-order chi connectivity index (χ1) is 16.3. The lowest BCUT2D eigenvalue weighted by Crippen LogP contribution is -2.64. The van der Waals surface area contributed by atoms with Crippen molar-refractivity contribution < 1.29 is 27.9 Å². The molecule has 33 heavy (non-hydrogen) atoms. The van der Waals surface area contributed by atoms with Crippen LogP contribution in [0.15, 0.2) is 54.6 Å². The topological polar surface area (TPSA) is 55.4 Å².